The first kappa shape index (κ1) is 16.9. The van der Waals surface area contributed by atoms with Gasteiger partial charge < -0.3 is 4.57 Å². The van der Waals surface area contributed by atoms with Crippen molar-refractivity contribution < 1.29 is 0 Å². The lowest BCUT2D eigenvalue weighted by Gasteiger charge is -2.19. The standard InChI is InChI=1S/C20H21Cl2N3/c1-3-17(12-5-6-12)25-18(4-2)24-19-15(9-10-23-20(19)25)14-8-7-13(21)11-16(14)22/h7-12,17H,3-6H2,1-2H3. The fraction of sp³-hybridized carbons (Fsp3) is 0.400. The SMILES string of the molecule is CCc1nc2c(-c3ccc(Cl)cc3Cl)ccnc2n1C(CC)C1CC1. The number of aryl methyl sites for hydroxylation is 1. The quantitative estimate of drug-likeness (QED) is 0.523. The number of pyridine rings is 1. The molecule has 0 spiro atoms. The van der Waals surface area contributed by atoms with E-state index in [4.69, 9.17) is 33.2 Å². The highest BCUT2D eigenvalue weighted by Crippen LogP contribution is 2.44. The lowest BCUT2D eigenvalue weighted by Crippen LogP contribution is -2.13. The van der Waals surface area contributed by atoms with Gasteiger partial charge in [-0.3, -0.25) is 0 Å². The van der Waals surface area contributed by atoms with Crippen LogP contribution >= 0.6 is 23.2 Å². The highest BCUT2D eigenvalue weighted by atomic mass is 35.5. The molecule has 1 aliphatic rings. The first-order chi connectivity index (χ1) is 12.1. The fourth-order valence-corrected chi connectivity index (χ4v) is 4.28. The van der Waals surface area contributed by atoms with E-state index in [-0.39, 0.29) is 0 Å². The predicted octanol–water partition coefficient (Wildman–Crippen LogP) is 6.33. The smallest absolute Gasteiger partial charge is 0.160 e. The van der Waals surface area contributed by atoms with E-state index in [1.54, 1.807) is 6.07 Å². The minimum atomic E-state index is 0.489. The number of fused-ring (bicyclic) bond motifs is 1. The van der Waals surface area contributed by atoms with Gasteiger partial charge in [-0.25, -0.2) is 9.97 Å². The molecule has 3 nitrogen and oxygen atoms in total. The number of halogens is 2. The van der Waals surface area contributed by atoms with E-state index in [0.29, 0.717) is 16.1 Å². The van der Waals surface area contributed by atoms with E-state index in [2.05, 4.69) is 18.4 Å². The molecule has 5 heteroatoms. The maximum Gasteiger partial charge on any atom is 0.160 e. The average Bonchev–Trinajstić information content (AvgIpc) is 3.36. The Labute approximate surface area is 158 Å². The van der Waals surface area contributed by atoms with Crippen LogP contribution < -0.4 is 0 Å². The van der Waals surface area contributed by atoms with Crippen molar-refractivity contribution in [1.29, 1.82) is 0 Å². The summed E-state index contributed by atoms with van der Waals surface area (Å²) in [6.07, 6.45) is 6.48. The summed E-state index contributed by atoms with van der Waals surface area (Å²) in [5, 5.41) is 1.28. The van der Waals surface area contributed by atoms with E-state index >= 15 is 0 Å². The summed E-state index contributed by atoms with van der Waals surface area (Å²) in [5.74, 6) is 1.87. The molecule has 2 heterocycles. The highest BCUT2D eigenvalue weighted by Gasteiger charge is 2.33. The molecule has 1 aliphatic carbocycles. The van der Waals surface area contributed by atoms with Crippen molar-refractivity contribution in [3.8, 4) is 11.1 Å². The third-order valence-electron chi connectivity index (χ3n) is 5.11. The van der Waals surface area contributed by atoms with Gasteiger partial charge in [0.15, 0.2) is 5.65 Å². The van der Waals surface area contributed by atoms with Crippen molar-refractivity contribution in [2.75, 3.05) is 0 Å². The van der Waals surface area contributed by atoms with Gasteiger partial charge in [-0.1, -0.05) is 43.1 Å². The molecule has 4 rings (SSSR count). The Morgan fingerprint density at radius 3 is 2.60 bits per heavy atom. The third-order valence-corrected chi connectivity index (χ3v) is 5.65. The number of benzene rings is 1. The van der Waals surface area contributed by atoms with E-state index in [1.165, 1.54) is 12.8 Å². The molecule has 2 aromatic heterocycles. The Balaban J connectivity index is 1.94. The molecule has 1 atom stereocenters. The van der Waals surface area contributed by atoms with Crippen LogP contribution in [0.25, 0.3) is 22.3 Å². The molecule has 0 radical (unpaired) electrons. The van der Waals surface area contributed by atoms with Crippen LogP contribution in [-0.2, 0) is 6.42 Å². The van der Waals surface area contributed by atoms with Gasteiger partial charge in [0.05, 0.1) is 0 Å². The molecule has 0 aliphatic heterocycles. The van der Waals surface area contributed by atoms with Crippen LogP contribution in [0.4, 0.5) is 0 Å². The van der Waals surface area contributed by atoms with Gasteiger partial charge in [-0.2, -0.15) is 0 Å². The third kappa shape index (κ3) is 2.94. The molecule has 0 amide bonds. The molecule has 1 saturated carbocycles. The van der Waals surface area contributed by atoms with Crippen LogP contribution in [0.5, 0.6) is 0 Å². The van der Waals surface area contributed by atoms with Gasteiger partial charge in [0.2, 0.25) is 0 Å². The number of hydrogen-bond acceptors (Lipinski definition) is 2. The van der Waals surface area contributed by atoms with Crippen molar-refractivity contribution in [3.63, 3.8) is 0 Å². The summed E-state index contributed by atoms with van der Waals surface area (Å²) in [4.78, 5) is 9.65. The summed E-state index contributed by atoms with van der Waals surface area (Å²) in [7, 11) is 0. The molecule has 0 saturated heterocycles. The zero-order chi connectivity index (χ0) is 17.6. The van der Waals surface area contributed by atoms with Gasteiger partial charge in [0.25, 0.3) is 0 Å². The molecular weight excluding hydrogens is 353 g/mol. The van der Waals surface area contributed by atoms with E-state index < -0.39 is 0 Å². The van der Waals surface area contributed by atoms with Crippen LogP contribution in [0.1, 0.15) is 45.0 Å². The van der Waals surface area contributed by atoms with E-state index in [1.807, 2.05) is 24.4 Å². The highest BCUT2D eigenvalue weighted by molar-refractivity contribution is 6.36. The minimum absolute atomic E-state index is 0.489. The summed E-state index contributed by atoms with van der Waals surface area (Å²) in [5.41, 5.74) is 3.87. The van der Waals surface area contributed by atoms with Crippen LogP contribution in [0, 0.1) is 5.92 Å². The molecule has 1 fully saturated rings. The molecule has 1 unspecified atom stereocenters. The van der Waals surface area contributed by atoms with Crippen LogP contribution in [0.15, 0.2) is 30.5 Å². The Hall–Kier alpha value is -1.58. The second-order valence-electron chi connectivity index (χ2n) is 6.72. The Bertz CT molecular complexity index is 928. The lowest BCUT2D eigenvalue weighted by molar-refractivity contribution is 0.427. The minimum Gasteiger partial charge on any atom is -0.309 e. The normalized spacial score (nSPS) is 15.7. The van der Waals surface area contributed by atoms with Gasteiger partial charge in [0.1, 0.15) is 11.3 Å². The first-order valence-corrected chi connectivity index (χ1v) is 9.70. The maximum atomic E-state index is 6.46. The van der Waals surface area contributed by atoms with Crippen molar-refractivity contribution in [1.82, 2.24) is 14.5 Å². The van der Waals surface area contributed by atoms with Gasteiger partial charge in [-0.15, -0.1) is 0 Å². The van der Waals surface area contributed by atoms with Crippen LogP contribution in [0.2, 0.25) is 10.0 Å². The number of hydrogen-bond donors (Lipinski definition) is 0. The molecule has 0 bridgehead atoms. The lowest BCUT2D eigenvalue weighted by atomic mass is 10.1. The Morgan fingerprint density at radius 1 is 1.16 bits per heavy atom. The Morgan fingerprint density at radius 2 is 1.96 bits per heavy atom. The number of rotatable bonds is 5. The summed E-state index contributed by atoms with van der Waals surface area (Å²) in [6.45, 7) is 4.42. The van der Waals surface area contributed by atoms with E-state index in [9.17, 15) is 0 Å². The second kappa shape index (κ2) is 6.62. The molecule has 3 aromatic rings. The van der Waals surface area contributed by atoms with Crippen LogP contribution in [-0.4, -0.2) is 14.5 Å². The fourth-order valence-electron chi connectivity index (χ4n) is 3.77. The maximum absolute atomic E-state index is 6.46. The number of nitrogens with zero attached hydrogens (tertiary/aromatic N) is 3. The van der Waals surface area contributed by atoms with Gasteiger partial charge >= 0.3 is 0 Å². The Kier molecular flexibility index (Phi) is 4.47. The predicted molar refractivity (Wildman–Crippen MR) is 104 cm³/mol. The number of aromatic nitrogens is 3. The summed E-state index contributed by atoms with van der Waals surface area (Å²) in [6, 6.07) is 8.09. The van der Waals surface area contributed by atoms with Crippen molar-refractivity contribution in [2.24, 2.45) is 5.92 Å². The first-order valence-electron chi connectivity index (χ1n) is 8.95. The van der Waals surface area contributed by atoms with Gasteiger partial charge in [-0.05, 0) is 43.4 Å². The van der Waals surface area contributed by atoms with Gasteiger partial charge in [0, 0.05) is 39.8 Å². The summed E-state index contributed by atoms with van der Waals surface area (Å²) < 4.78 is 2.38. The zero-order valence-corrected chi connectivity index (χ0v) is 16.0. The average molecular weight is 374 g/mol. The molecular formula is C20H21Cl2N3. The molecule has 1 aromatic carbocycles. The van der Waals surface area contributed by atoms with E-state index in [0.717, 1.165) is 46.9 Å². The molecule has 0 N–H and O–H groups in total. The van der Waals surface area contributed by atoms with Crippen molar-refractivity contribution in [3.05, 3.63) is 46.3 Å². The second-order valence-corrected chi connectivity index (χ2v) is 7.56. The monoisotopic (exact) mass is 373 g/mol. The largest absolute Gasteiger partial charge is 0.309 e. The number of imidazole rings is 1. The molecule has 130 valence electrons. The topological polar surface area (TPSA) is 30.7 Å². The molecule has 25 heavy (non-hydrogen) atoms. The van der Waals surface area contributed by atoms with Crippen LogP contribution in [0.3, 0.4) is 0 Å². The summed E-state index contributed by atoms with van der Waals surface area (Å²) >= 11 is 12.5. The van der Waals surface area contributed by atoms with Crippen molar-refractivity contribution >= 4 is 34.4 Å². The zero-order valence-electron chi connectivity index (χ0n) is 14.5. The van der Waals surface area contributed by atoms with Crippen molar-refractivity contribution in [2.45, 2.75) is 45.6 Å².